The molecule has 126 valence electrons. The molecule has 0 saturated heterocycles. The van der Waals surface area contributed by atoms with Gasteiger partial charge in [0.05, 0.1) is 7.11 Å². The summed E-state index contributed by atoms with van der Waals surface area (Å²) in [4.78, 5) is 17.4. The van der Waals surface area contributed by atoms with Gasteiger partial charge in [0.25, 0.3) is 0 Å². The van der Waals surface area contributed by atoms with Crippen LogP contribution < -0.4 is 9.47 Å². The summed E-state index contributed by atoms with van der Waals surface area (Å²) in [6.07, 6.45) is 7.19. The molecule has 0 amide bonds. The van der Waals surface area contributed by atoms with E-state index in [1.807, 2.05) is 24.3 Å². The lowest BCUT2D eigenvalue weighted by molar-refractivity contribution is 0.289. The van der Waals surface area contributed by atoms with Crippen LogP contribution in [-0.2, 0) is 6.61 Å². The van der Waals surface area contributed by atoms with Crippen molar-refractivity contribution in [2.24, 2.45) is 0 Å². The highest BCUT2D eigenvalue weighted by molar-refractivity contribution is 5.59. The molecule has 0 aliphatic heterocycles. The quantitative estimate of drug-likeness (QED) is 0.688. The zero-order valence-corrected chi connectivity index (χ0v) is 13.9. The molecule has 0 N–H and O–H groups in total. The van der Waals surface area contributed by atoms with E-state index in [1.165, 1.54) is 6.33 Å². The number of nitrogens with zero attached hydrogens (tertiary/aromatic N) is 4. The molecule has 1 fully saturated rings. The van der Waals surface area contributed by atoms with Gasteiger partial charge in [0, 0.05) is 18.0 Å². The molecule has 0 atom stereocenters. The normalized spacial score (nSPS) is 13.5. The van der Waals surface area contributed by atoms with Crippen molar-refractivity contribution in [1.82, 2.24) is 19.9 Å². The van der Waals surface area contributed by atoms with Crippen molar-refractivity contribution in [2.75, 3.05) is 7.11 Å². The zero-order chi connectivity index (χ0) is 17.1. The topological polar surface area (TPSA) is 70.0 Å². The Morgan fingerprint density at radius 3 is 2.44 bits per heavy atom. The van der Waals surface area contributed by atoms with E-state index in [0.29, 0.717) is 24.2 Å². The van der Waals surface area contributed by atoms with Gasteiger partial charge in [0.1, 0.15) is 24.4 Å². The van der Waals surface area contributed by atoms with Crippen LogP contribution in [0.4, 0.5) is 0 Å². The second-order valence-corrected chi connectivity index (χ2v) is 5.92. The lowest BCUT2D eigenvalue weighted by atomic mass is 10.1. The second kappa shape index (κ2) is 6.84. The highest BCUT2D eigenvalue weighted by Crippen LogP contribution is 2.46. The third-order valence-electron chi connectivity index (χ3n) is 4.15. The van der Waals surface area contributed by atoms with Crippen molar-refractivity contribution in [1.29, 1.82) is 0 Å². The molecule has 1 aromatic carbocycles. The molecular formula is C19H18N4O2. The maximum atomic E-state index is 6.01. The van der Waals surface area contributed by atoms with Crippen LogP contribution in [-0.4, -0.2) is 27.0 Å². The smallest absolute Gasteiger partial charge is 0.220 e. The first-order valence-electron chi connectivity index (χ1n) is 8.23. The number of hydrogen-bond acceptors (Lipinski definition) is 6. The van der Waals surface area contributed by atoms with E-state index in [-0.39, 0.29) is 0 Å². The zero-order valence-electron chi connectivity index (χ0n) is 13.9. The fraction of sp³-hybridized carbons (Fsp3) is 0.263. The van der Waals surface area contributed by atoms with Crippen LogP contribution in [0.15, 0.2) is 49.1 Å². The Balaban J connectivity index is 1.61. The van der Waals surface area contributed by atoms with Gasteiger partial charge in [0.15, 0.2) is 5.82 Å². The molecule has 1 aliphatic rings. The van der Waals surface area contributed by atoms with Gasteiger partial charge in [-0.3, -0.25) is 0 Å². The molecule has 6 nitrogen and oxygen atoms in total. The Kier molecular flexibility index (Phi) is 4.24. The van der Waals surface area contributed by atoms with E-state index in [1.54, 1.807) is 25.6 Å². The monoisotopic (exact) mass is 334 g/mol. The molecule has 25 heavy (non-hydrogen) atoms. The van der Waals surface area contributed by atoms with E-state index < -0.39 is 0 Å². The van der Waals surface area contributed by atoms with Crippen LogP contribution in [0.25, 0.3) is 11.5 Å². The summed E-state index contributed by atoms with van der Waals surface area (Å²) >= 11 is 0. The third kappa shape index (κ3) is 3.42. The first-order valence-corrected chi connectivity index (χ1v) is 8.23. The van der Waals surface area contributed by atoms with Crippen molar-refractivity contribution < 1.29 is 9.47 Å². The molecule has 4 rings (SSSR count). The number of benzene rings is 1. The van der Waals surface area contributed by atoms with E-state index >= 15 is 0 Å². The Bertz CT molecular complexity index is 849. The average Bonchev–Trinajstić information content (AvgIpc) is 3.52. The fourth-order valence-corrected chi connectivity index (χ4v) is 2.71. The lowest BCUT2D eigenvalue weighted by Crippen LogP contribution is -2.04. The van der Waals surface area contributed by atoms with Gasteiger partial charge in [-0.15, -0.1) is 0 Å². The van der Waals surface area contributed by atoms with E-state index in [4.69, 9.17) is 9.47 Å². The summed E-state index contributed by atoms with van der Waals surface area (Å²) in [7, 11) is 1.65. The van der Waals surface area contributed by atoms with Gasteiger partial charge in [0.2, 0.25) is 5.88 Å². The minimum atomic E-state index is 0.422. The third-order valence-corrected chi connectivity index (χ3v) is 4.15. The molecular weight excluding hydrogens is 316 g/mol. The number of rotatable bonds is 6. The number of aromatic nitrogens is 4. The highest BCUT2D eigenvalue weighted by Gasteiger charge is 2.32. The second-order valence-electron chi connectivity index (χ2n) is 5.92. The Morgan fingerprint density at radius 1 is 1.00 bits per heavy atom. The minimum Gasteiger partial charge on any atom is -0.497 e. The van der Waals surface area contributed by atoms with Gasteiger partial charge < -0.3 is 9.47 Å². The van der Waals surface area contributed by atoms with Crippen molar-refractivity contribution in [3.63, 3.8) is 0 Å². The summed E-state index contributed by atoms with van der Waals surface area (Å²) in [5, 5.41) is 0. The molecule has 1 saturated carbocycles. The molecule has 6 heteroatoms. The standard InChI is InChI=1S/C19H18N4O2/c1-24-15-7-3-13(4-8-15)11-25-19-16(14-5-6-14)17(22-12-23-19)18-20-9-2-10-21-18/h2-4,7-10,12,14H,5-6,11H2,1H3. The summed E-state index contributed by atoms with van der Waals surface area (Å²) < 4.78 is 11.2. The van der Waals surface area contributed by atoms with Gasteiger partial charge in [-0.25, -0.2) is 19.9 Å². The fourth-order valence-electron chi connectivity index (χ4n) is 2.71. The molecule has 3 aromatic rings. The van der Waals surface area contributed by atoms with Gasteiger partial charge in [-0.2, -0.15) is 0 Å². The predicted molar refractivity (Wildman–Crippen MR) is 92.4 cm³/mol. The van der Waals surface area contributed by atoms with E-state index in [9.17, 15) is 0 Å². The molecule has 0 radical (unpaired) electrons. The molecule has 0 unspecified atom stereocenters. The van der Waals surface area contributed by atoms with Gasteiger partial charge in [-0.05, 0) is 42.5 Å². The Labute approximate surface area is 145 Å². The van der Waals surface area contributed by atoms with Gasteiger partial charge >= 0.3 is 0 Å². The Morgan fingerprint density at radius 2 is 1.76 bits per heavy atom. The van der Waals surface area contributed by atoms with Crippen LogP contribution in [0, 0.1) is 0 Å². The average molecular weight is 334 g/mol. The van der Waals surface area contributed by atoms with Crippen molar-refractivity contribution in [3.8, 4) is 23.1 Å². The van der Waals surface area contributed by atoms with Crippen molar-refractivity contribution >= 4 is 0 Å². The Hall–Kier alpha value is -3.02. The largest absolute Gasteiger partial charge is 0.497 e. The molecule has 0 spiro atoms. The summed E-state index contributed by atoms with van der Waals surface area (Å²) in [5.41, 5.74) is 2.84. The SMILES string of the molecule is COc1ccc(COc2ncnc(-c3ncccn3)c2C2CC2)cc1. The summed E-state index contributed by atoms with van der Waals surface area (Å²) in [5.74, 6) is 2.48. The molecule has 1 aliphatic carbocycles. The van der Waals surface area contributed by atoms with Crippen LogP contribution in [0.1, 0.15) is 29.9 Å². The maximum Gasteiger partial charge on any atom is 0.220 e. The van der Waals surface area contributed by atoms with E-state index in [0.717, 1.165) is 35.4 Å². The molecule has 0 bridgehead atoms. The van der Waals surface area contributed by atoms with Crippen molar-refractivity contribution in [3.05, 3.63) is 60.2 Å². The minimum absolute atomic E-state index is 0.422. The lowest BCUT2D eigenvalue weighted by Gasteiger charge is -2.13. The maximum absolute atomic E-state index is 6.01. The van der Waals surface area contributed by atoms with Gasteiger partial charge in [-0.1, -0.05) is 12.1 Å². The summed E-state index contributed by atoms with van der Waals surface area (Å²) in [6, 6.07) is 9.60. The number of methoxy groups -OCH3 is 1. The number of ether oxygens (including phenoxy) is 2. The van der Waals surface area contributed by atoms with E-state index in [2.05, 4.69) is 19.9 Å². The van der Waals surface area contributed by atoms with Crippen LogP contribution in [0.2, 0.25) is 0 Å². The van der Waals surface area contributed by atoms with Crippen molar-refractivity contribution in [2.45, 2.75) is 25.4 Å². The highest BCUT2D eigenvalue weighted by atomic mass is 16.5. The van der Waals surface area contributed by atoms with Crippen LogP contribution in [0.5, 0.6) is 11.6 Å². The first-order chi connectivity index (χ1) is 12.3. The molecule has 2 heterocycles. The first kappa shape index (κ1) is 15.5. The predicted octanol–water partition coefficient (Wildman–Crippen LogP) is 3.40. The summed E-state index contributed by atoms with van der Waals surface area (Å²) in [6.45, 7) is 0.440. The van der Waals surface area contributed by atoms with Crippen LogP contribution >= 0.6 is 0 Å². The van der Waals surface area contributed by atoms with Crippen LogP contribution in [0.3, 0.4) is 0 Å². The number of hydrogen-bond donors (Lipinski definition) is 0. The molecule has 2 aromatic heterocycles.